The largest absolute Gasteiger partial charge is 0.471 e. The molecule has 0 aliphatic rings. The number of anilines is 2. The summed E-state index contributed by atoms with van der Waals surface area (Å²) in [7, 11) is 0. The van der Waals surface area contributed by atoms with Crippen molar-refractivity contribution >= 4 is 34.0 Å². The molecule has 0 saturated heterocycles. The molecule has 10 heteroatoms. The number of halogens is 3. The highest BCUT2D eigenvalue weighted by Gasteiger charge is 2.38. The number of hydrogen-bond acceptors (Lipinski definition) is 5. The quantitative estimate of drug-likeness (QED) is 0.859. The molecule has 0 unspecified atom stereocenters. The summed E-state index contributed by atoms with van der Waals surface area (Å²) in [5.41, 5.74) is 0.155. The summed E-state index contributed by atoms with van der Waals surface area (Å²) >= 11 is 1.26. The van der Waals surface area contributed by atoms with Crippen molar-refractivity contribution in [3.05, 3.63) is 34.8 Å². The lowest BCUT2D eigenvalue weighted by molar-refractivity contribution is -0.167. The van der Waals surface area contributed by atoms with E-state index in [0.29, 0.717) is 5.13 Å². The van der Waals surface area contributed by atoms with E-state index in [0.717, 1.165) is 17.8 Å². The summed E-state index contributed by atoms with van der Waals surface area (Å²) in [6.45, 7) is 2.00. The Bertz CT molecular complexity index is 728. The van der Waals surface area contributed by atoms with Crippen LogP contribution in [0.15, 0.2) is 24.3 Å². The van der Waals surface area contributed by atoms with Crippen LogP contribution in [0.25, 0.3) is 0 Å². The van der Waals surface area contributed by atoms with E-state index in [1.807, 2.05) is 6.92 Å². The summed E-state index contributed by atoms with van der Waals surface area (Å²) in [4.78, 5) is 22.9. The molecule has 1 aromatic carbocycles. The molecule has 0 bridgehead atoms. The number of amides is 2. The molecule has 0 aliphatic carbocycles. The van der Waals surface area contributed by atoms with Gasteiger partial charge in [-0.05, 0) is 30.7 Å². The monoisotopic (exact) mass is 358 g/mol. The maximum absolute atomic E-state index is 12.2. The Morgan fingerprint density at radius 3 is 2.38 bits per heavy atom. The third-order valence-corrected chi connectivity index (χ3v) is 3.71. The van der Waals surface area contributed by atoms with E-state index >= 15 is 0 Å². The summed E-state index contributed by atoms with van der Waals surface area (Å²) in [5.74, 6) is -2.54. The van der Waals surface area contributed by atoms with Crippen molar-refractivity contribution in [3.63, 3.8) is 0 Å². The highest BCUT2D eigenvalue weighted by molar-refractivity contribution is 7.15. The highest BCUT2D eigenvalue weighted by atomic mass is 32.1. The average Bonchev–Trinajstić information content (AvgIpc) is 2.94. The molecule has 0 atom stereocenters. The molecule has 1 aromatic heterocycles. The Balaban J connectivity index is 1.99. The Kier molecular flexibility index (Phi) is 5.50. The van der Waals surface area contributed by atoms with E-state index < -0.39 is 18.0 Å². The number of nitrogens with one attached hydrogen (secondary N) is 2. The normalized spacial score (nSPS) is 11.2. The number of alkyl halides is 3. The first-order valence-corrected chi connectivity index (χ1v) is 7.73. The van der Waals surface area contributed by atoms with Crippen LogP contribution in [0.2, 0.25) is 0 Å². The predicted octanol–water partition coefficient (Wildman–Crippen LogP) is 3.24. The van der Waals surface area contributed by atoms with E-state index in [-0.39, 0.29) is 11.3 Å². The number of carbonyl (C=O) groups excluding carboxylic acids is 2. The van der Waals surface area contributed by atoms with Crippen molar-refractivity contribution in [1.29, 1.82) is 0 Å². The lowest BCUT2D eigenvalue weighted by atomic mass is 10.2. The Hall–Kier alpha value is -2.49. The third-order valence-electron chi connectivity index (χ3n) is 2.81. The SMILES string of the molecule is CCCc1nnc(NC(=O)c2ccc(NC(=O)C(F)(F)F)cc2)s1. The van der Waals surface area contributed by atoms with Crippen molar-refractivity contribution in [1.82, 2.24) is 10.2 Å². The zero-order chi connectivity index (χ0) is 17.7. The van der Waals surface area contributed by atoms with Crippen LogP contribution >= 0.6 is 11.3 Å². The highest BCUT2D eigenvalue weighted by Crippen LogP contribution is 2.20. The van der Waals surface area contributed by atoms with Crippen molar-refractivity contribution in [2.24, 2.45) is 0 Å². The molecule has 0 fully saturated rings. The van der Waals surface area contributed by atoms with Gasteiger partial charge in [-0.1, -0.05) is 18.3 Å². The maximum atomic E-state index is 12.2. The van der Waals surface area contributed by atoms with E-state index in [1.165, 1.54) is 35.6 Å². The van der Waals surface area contributed by atoms with E-state index in [1.54, 1.807) is 5.32 Å². The number of aryl methyl sites for hydroxylation is 1. The van der Waals surface area contributed by atoms with Crippen LogP contribution in [-0.2, 0) is 11.2 Å². The predicted molar refractivity (Wildman–Crippen MR) is 83.0 cm³/mol. The van der Waals surface area contributed by atoms with Crippen molar-refractivity contribution in [2.75, 3.05) is 10.6 Å². The standard InChI is InChI=1S/C14H13F3N4O2S/c1-2-3-10-20-21-13(24-10)19-11(22)8-4-6-9(7-5-8)18-12(23)14(15,16)17/h4-7H,2-3H2,1H3,(H,18,23)(H,19,21,22). The smallest absolute Gasteiger partial charge is 0.318 e. The Labute approximate surface area is 139 Å². The van der Waals surface area contributed by atoms with Gasteiger partial charge in [-0.3, -0.25) is 14.9 Å². The minimum atomic E-state index is -4.97. The second-order valence-corrected chi connectivity index (χ2v) is 5.80. The first-order chi connectivity index (χ1) is 11.3. The third kappa shape index (κ3) is 4.75. The van der Waals surface area contributed by atoms with Crippen molar-refractivity contribution in [3.8, 4) is 0 Å². The van der Waals surface area contributed by atoms with Gasteiger partial charge in [0.2, 0.25) is 5.13 Å². The number of benzene rings is 1. The number of rotatable bonds is 5. The minimum Gasteiger partial charge on any atom is -0.318 e. The first-order valence-electron chi connectivity index (χ1n) is 6.91. The van der Waals surface area contributed by atoms with Crippen LogP contribution in [0, 0.1) is 0 Å². The van der Waals surface area contributed by atoms with Crippen LogP contribution in [0.4, 0.5) is 24.0 Å². The van der Waals surface area contributed by atoms with Gasteiger partial charge in [-0.25, -0.2) is 0 Å². The zero-order valence-electron chi connectivity index (χ0n) is 12.5. The fourth-order valence-corrected chi connectivity index (χ4v) is 2.53. The molecule has 0 aliphatic heterocycles. The van der Waals surface area contributed by atoms with Gasteiger partial charge in [0, 0.05) is 17.7 Å². The van der Waals surface area contributed by atoms with Crippen LogP contribution in [0.1, 0.15) is 28.7 Å². The van der Waals surface area contributed by atoms with Gasteiger partial charge in [-0.2, -0.15) is 13.2 Å². The van der Waals surface area contributed by atoms with Crippen molar-refractivity contribution in [2.45, 2.75) is 25.9 Å². The summed E-state index contributed by atoms with van der Waals surface area (Å²) < 4.78 is 36.5. The van der Waals surface area contributed by atoms with Gasteiger partial charge in [0.1, 0.15) is 5.01 Å². The molecule has 6 nitrogen and oxygen atoms in total. The topological polar surface area (TPSA) is 84.0 Å². The van der Waals surface area contributed by atoms with Crippen LogP contribution < -0.4 is 10.6 Å². The van der Waals surface area contributed by atoms with Gasteiger partial charge in [0.05, 0.1) is 0 Å². The number of carbonyl (C=O) groups is 2. The van der Waals surface area contributed by atoms with Gasteiger partial charge < -0.3 is 5.32 Å². The lowest BCUT2D eigenvalue weighted by Gasteiger charge is -2.08. The number of nitrogens with zero attached hydrogens (tertiary/aromatic N) is 2. The van der Waals surface area contributed by atoms with Crippen LogP contribution in [0.5, 0.6) is 0 Å². The lowest BCUT2D eigenvalue weighted by Crippen LogP contribution is -2.29. The molecular weight excluding hydrogens is 345 g/mol. The Morgan fingerprint density at radius 1 is 1.12 bits per heavy atom. The van der Waals surface area contributed by atoms with Crippen molar-refractivity contribution < 1.29 is 22.8 Å². The molecular formula is C14H13F3N4O2S. The maximum Gasteiger partial charge on any atom is 0.471 e. The molecule has 2 N–H and O–H groups in total. The van der Waals surface area contributed by atoms with Gasteiger partial charge in [0.25, 0.3) is 5.91 Å². The summed E-state index contributed by atoms with van der Waals surface area (Å²) in [6.07, 6.45) is -3.29. The van der Waals surface area contributed by atoms with Gasteiger partial charge in [-0.15, -0.1) is 10.2 Å². The van der Waals surface area contributed by atoms with E-state index in [2.05, 4.69) is 15.5 Å². The first kappa shape index (κ1) is 17.9. The average molecular weight is 358 g/mol. The van der Waals surface area contributed by atoms with Gasteiger partial charge >= 0.3 is 12.1 Å². The molecule has 2 aromatic rings. The molecule has 128 valence electrons. The molecule has 0 radical (unpaired) electrons. The van der Waals surface area contributed by atoms with E-state index in [9.17, 15) is 22.8 Å². The summed E-state index contributed by atoms with van der Waals surface area (Å²) in [6, 6.07) is 5.02. The molecule has 24 heavy (non-hydrogen) atoms. The zero-order valence-corrected chi connectivity index (χ0v) is 13.3. The fourth-order valence-electron chi connectivity index (χ4n) is 1.70. The second-order valence-electron chi connectivity index (χ2n) is 4.73. The molecule has 2 amide bonds. The Morgan fingerprint density at radius 2 is 1.79 bits per heavy atom. The minimum absolute atomic E-state index is 0.0602. The molecule has 0 spiro atoms. The second kappa shape index (κ2) is 7.39. The number of hydrogen-bond donors (Lipinski definition) is 2. The fraction of sp³-hybridized carbons (Fsp3) is 0.286. The molecule has 2 rings (SSSR count). The van der Waals surface area contributed by atoms with Crippen LogP contribution in [-0.4, -0.2) is 28.2 Å². The van der Waals surface area contributed by atoms with E-state index in [4.69, 9.17) is 0 Å². The van der Waals surface area contributed by atoms with Gasteiger partial charge in [0.15, 0.2) is 0 Å². The molecule has 1 heterocycles. The summed E-state index contributed by atoms with van der Waals surface area (Å²) in [5, 5.41) is 13.2. The number of aromatic nitrogens is 2. The molecule has 0 saturated carbocycles. The van der Waals surface area contributed by atoms with Crippen LogP contribution in [0.3, 0.4) is 0 Å².